The van der Waals surface area contributed by atoms with E-state index in [9.17, 15) is 0 Å². The lowest BCUT2D eigenvalue weighted by molar-refractivity contribution is 0.452. The molecule has 1 aliphatic rings. The first kappa shape index (κ1) is 12.9. The summed E-state index contributed by atoms with van der Waals surface area (Å²) in [6.45, 7) is 2.17. The highest BCUT2D eigenvalue weighted by molar-refractivity contribution is 9.10. The standard InChI is InChI=1S/C15H18BrN3/c1-19-10-14(11-4-2-6-13(16)8-11)15(18-19)12-5-3-7-17-9-12/h2,4,6,8,10,12,17H,3,5,7,9H2,1H3. The number of hydrogen-bond acceptors (Lipinski definition) is 2. The molecular formula is C15H18BrN3. The maximum atomic E-state index is 4.70. The summed E-state index contributed by atoms with van der Waals surface area (Å²) in [7, 11) is 2.00. The van der Waals surface area contributed by atoms with Crippen LogP contribution in [-0.4, -0.2) is 22.9 Å². The summed E-state index contributed by atoms with van der Waals surface area (Å²) >= 11 is 3.55. The molecule has 1 aromatic heterocycles. The van der Waals surface area contributed by atoms with E-state index >= 15 is 0 Å². The van der Waals surface area contributed by atoms with Gasteiger partial charge in [-0.25, -0.2) is 0 Å². The van der Waals surface area contributed by atoms with Crippen LogP contribution in [0.5, 0.6) is 0 Å². The largest absolute Gasteiger partial charge is 0.316 e. The second-order valence-electron chi connectivity index (χ2n) is 5.16. The maximum absolute atomic E-state index is 4.70. The Morgan fingerprint density at radius 3 is 3.05 bits per heavy atom. The van der Waals surface area contributed by atoms with Gasteiger partial charge in [-0.05, 0) is 37.1 Å². The molecule has 2 heterocycles. The van der Waals surface area contributed by atoms with Crippen molar-refractivity contribution in [3.63, 3.8) is 0 Å². The summed E-state index contributed by atoms with van der Waals surface area (Å²) in [6, 6.07) is 8.45. The van der Waals surface area contributed by atoms with E-state index in [-0.39, 0.29) is 0 Å². The van der Waals surface area contributed by atoms with Crippen molar-refractivity contribution in [2.45, 2.75) is 18.8 Å². The predicted molar refractivity (Wildman–Crippen MR) is 81.2 cm³/mol. The van der Waals surface area contributed by atoms with E-state index in [1.165, 1.54) is 29.7 Å². The van der Waals surface area contributed by atoms with Crippen LogP contribution in [0, 0.1) is 0 Å². The Bertz CT molecular complexity index is 571. The monoisotopic (exact) mass is 319 g/mol. The zero-order valence-electron chi connectivity index (χ0n) is 11.1. The molecule has 1 aromatic carbocycles. The highest BCUT2D eigenvalue weighted by Gasteiger charge is 2.22. The number of halogens is 1. The first-order valence-corrected chi connectivity index (χ1v) is 7.53. The van der Waals surface area contributed by atoms with Gasteiger partial charge in [0.15, 0.2) is 0 Å². The van der Waals surface area contributed by atoms with E-state index in [0.29, 0.717) is 5.92 Å². The molecule has 1 atom stereocenters. The number of nitrogens with one attached hydrogen (secondary N) is 1. The van der Waals surface area contributed by atoms with Gasteiger partial charge in [-0.1, -0.05) is 28.1 Å². The number of aryl methyl sites for hydroxylation is 1. The number of rotatable bonds is 2. The van der Waals surface area contributed by atoms with Crippen LogP contribution in [0.15, 0.2) is 34.9 Å². The molecule has 0 saturated carbocycles. The lowest BCUT2D eigenvalue weighted by Crippen LogP contribution is -2.28. The molecule has 3 rings (SSSR count). The minimum absolute atomic E-state index is 0.531. The Morgan fingerprint density at radius 2 is 2.32 bits per heavy atom. The van der Waals surface area contributed by atoms with Gasteiger partial charge < -0.3 is 5.32 Å². The lowest BCUT2D eigenvalue weighted by atomic mass is 9.91. The molecule has 1 aliphatic heterocycles. The van der Waals surface area contributed by atoms with E-state index in [2.05, 4.69) is 51.7 Å². The van der Waals surface area contributed by atoms with Crippen molar-refractivity contribution < 1.29 is 0 Å². The van der Waals surface area contributed by atoms with Crippen molar-refractivity contribution in [2.24, 2.45) is 7.05 Å². The van der Waals surface area contributed by atoms with E-state index < -0.39 is 0 Å². The highest BCUT2D eigenvalue weighted by atomic mass is 79.9. The molecule has 1 saturated heterocycles. The van der Waals surface area contributed by atoms with Gasteiger partial charge in [0.1, 0.15) is 0 Å². The molecule has 1 unspecified atom stereocenters. The Morgan fingerprint density at radius 1 is 1.42 bits per heavy atom. The molecule has 2 aromatic rings. The molecule has 19 heavy (non-hydrogen) atoms. The molecule has 0 amide bonds. The third kappa shape index (κ3) is 2.74. The molecule has 100 valence electrons. The SMILES string of the molecule is Cn1cc(-c2cccc(Br)c2)c(C2CCCNC2)n1. The molecule has 1 fully saturated rings. The fourth-order valence-electron chi connectivity index (χ4n) is 2.77. The molecule has 0 radical (unpaired) electrons. The van der Waals surface area contributed by atoms with Crippen LogP contribution in [0.4, 0.5) is 0 Å². The second-order valence-corrected chi connectivity index (χ2v) is 6.07. The zero-order chi connectivity index (χ0) is 13.2. The Hall–Kier alpha value is -1.13. The zero-order valence-corrected chi connectivity index (χ0v) is 12.7. The van der Waals surface area contributed by atoms with Crippen molar-refractivity contribution in [3.05, 3.63) is 40.6 Å². The third-order valence-corrected chi connectivity index (χ3v) is 4.17. The van der Waals surface area contributed by atoms with Crippen molar-refractivity contribution in [1.29, 1.82) is 0 Å². The Labute approximate surface area is 122 Å². The second kappa shape index (κ2) is 5.47. The first-order valence-electron chi connectivity index (χ1n) is 6.74. The molecule has 1 N–H and O–H groups in total. The molecule has 3 nitrogen and oxygen atoms in total. The van der Waals surface area contributed by atoms with Gasteiger partial charge >= 0.3 is 0 Å². The van der Waals surface area contributed by atoms with E-state index in [0.717, 1.165) is 17.6 Å². The Balaban J connectivity index is 2.01. The normalized spacial score (nSPS) is 19.6. The summed E-state index contributed by atoms with van der Waals surface area (Å²) in [5.74, 6) is 0.531. The summed E-state index contributed by atoms with van der Waals surface area (Å²) < 4.78 is 3.04. The smallest absolute Gasteiger partial charge is 0.0746 e. The van der Waals surface area contributed by atoms with Gasteiger partial charge in [0.2, 0.25) is 0 Å². The van der Waals surface area contributed by atoms with Crippen molar-refractivity contribution in [3.8, 4) is 11.1 Å². The summed E-state index contributed by atoms with van der Waals surface area (Å²) in [5, 5.41) is 8.18. The predicted octanol–water partition coefficient (Wildman–Crippen LogP) is 3.32. The van der Waals surface area contributed by atoms with Crippen LogP contribution in [0.25, 0.3) is 11.1 Å². The molecule has 4 heteroatoms. The van der Waals surface area contributed by atoms with E-state index in [4.69, 9.17) is 5.10 Å². The molecular weight excluding hydrogens is 302 g/mol. The summed E-state index contributed by atoms with van der Waals surface area (Å²) in [4.78, 5) is 0. The van der Waals surface area contributed by atoms with Crippen LogP contribution in [0.2, 0.25) is 0 Å². The van der Waals surface area contributed by atoms with E-state index in [1.807, 2.05) is 11.7 Å². The average molecular weight is 320 g/mol. The van der Waals surface area contributed by atoms with Gasteiger partial charge in [0.25, 0.3) is 0 Å². The average Bonchev–Trinajstić information content (AvgIpc) is 2.82. The fraction of sp³-hybridized carbons (Fsp3) is 0.400. The van der Waals surface area contributed by atoms with Crippen LogP contribution in [-0.2, 0) is 7.05 Å². The first-order chi connectivity index (χ1) is 9.24. The van der Waals surface area contributed by atoms with Crippen LogP contribution in [0.3, 0.4) is 0 Å². The van der Waals surface area contributed by atoms with Gasteiger partial charge in [0, 0.05) is 35.7 Å². The molecule has 0 spiro atoms. The number of aromatic nitrogens is 2. The minimum atomic E-state index is 0.531. The minimum Gasteiger partial charge on any atom is -0.316 e. The number of nitrogens with zero attached hydrogens (tertiary/aromatic N) is 2. The van der Waals surface area contributed by atoms with Crippen LogP contribution >= 0.6 is 15.9 Å². The van der Waals surface area contributed by atoms with Crippen molar-refractivity contribution in [1.82, 2.24) is 15.1 Å². The number of piperidine rings is 1. The highest BCUT2D eigenvalue weighted by Crippen LogP contribution is 2.32. The topological polar surface area (TPSA) is 29.9 Å². The fourth-order valence-corrected chi connectivity index (χ4v) is 3.17. The number of benzene rings is 1. The van der Waals surface area contributed by atoms with Crippen LogP contribution < -0.4 is 5.32 Å². The van der Waals surface area contributed by atoms with Gasteiger partial charge in [-0.2, -0.15) is 5.10 Å². The number of hydrogen-bond donors (Lipinski definition) is 1. The third-order valence-electron chi connectivity index (χ3n) is 3.68. The van der Waals surface area contributed by atoms with Crippen molar-refractivity contribution in [2.75, 3.05) is 13.1 Å². The van der Waals surface area contributed by atoms with Gasteiger partial charge in [-0.15, -0.1) is 0 Å². The molecule has 0 aliphatic carbocycles. The quantitative estimate of drug-likeness (QED) is 0.920. The summed E-state index contributed by atoms with van der Waals surface area (Å²) in [5.41, 5.74) is 3.73. The molecule has 0 bridgehead atoms. The summed E-state index contributed by atoms with van der Waals surface area (Å²) in [6.07, 6.45) is 4.59. The van der Waals surface area contributed by atoms with Gasteiger partial charge in [0.05, 0.1) is 5.69 Å². The lowest BCUT2D eigenvalue weighted by Gasteiger charge is -2.22. The Kier molecular flexibility index (Phi) is 3.71. The van der Waals surface area contributed by atoms with Crippen molar-refractivity contribution >= 4 is 15.9 Å². The van der Waals surface area contributed by atoms with E-state index in [1.54, 1.807) is 0 Å². The van der Waals surface area contributed by atoms with Gasteiger partial charge in [-0.3, -0.25) is 4.68 Å². The van der Waals surface area contributed by atoms with Crippen LogP contribution in [0.1, 0.15) is 24.5 Å². The maximum Gasteiger partial charge on any atom is 0.0746 e.